The highest BCUT2D eigenvalue weighted by Crippen LogP contribution is 2.28. The van der Waals surface area contributed by atoms with Gasteiger partial charge in [0.1, 0.15) is 0 Å². The van der Waals surface area contributed by atoms with Gasteiger partial charge in [-0.25, -0.2) is 4.79 Å². The lowest BCUT2D eigenvalue weighted by Gasteiger charge is -1.87. The fourth-order valence-electron chi connectivity index (χ4n) is 0.959. The molecule has 2 heteroatoms. The van der Waals surface area contributed by atoms with Crippen LogP contribution in [0.1, 0.15) is 32.1 Å². The van der Waals surface area contributed by atoms with E-state index in [9.17, 15) is 4.79 Å². The molecule has 0 heterocycles. The molecule has 13 heavy (non-hydrogen) atoms. The predicted molar refractivity (Wildman–Crippen MR) is 51.0 cm³/mol. The minimum absolute atomic E-state index is 0.444. The van der Waals surface area contributed by atoms with Crippen LogP contribution in [0.15, 0.2) is 11.6 Å². The summed E-state index contributed by atoms with van der Waals surface area (Å²) in [5, 5.41) is 0. The first-order chi connectivity index (χ1) is 6.33. The molecule has 0 aliphatic heterocycles. The van der Waals surface area contributed by atoms with Gasteiger partial charge in [-0.15, -0.1) is 0 Å². The Balaban J connectivity index is 2.01. The van der Waals surface area contributed by atoms with Crippen LogP contribution in [0.2, 0.25) is 0 Å². The highest BCUT2D eigenvalue weighted by molar-refractivity contribution is 5.88. The minimum Gasteiger partial charge on any atom is -0.459 e. The molecule has 0 radical (unpaired) electrons. The largest absolute Gasteiger partial charge is 0.459 e. The van der Waals surface area contributed by atoms with Crippen molar-refractivity contribution in [2.24, 2.45) is 0 Å². The lowest BCUT2D eigenvalue weighted by molar-refractivity contribution is -0.133. The van der Waals surface area contributed by atoms with Crippen LogP contribution in [0, 0.1) is 11.8 Å². The smallest absolute Gasteiger partial charge is 0.384 e. The van der Waals surface area contributed by atoms with Gasteiger partial charge in [-0.2, -0.15) is 0 Å². The summed E-state index contributed by atoms with van der Waals surface area (Å²) >= 11 is 0. The number of carbonyl (C=O) groups is 1. The quantitative estimate of drug-likeness (QED) is 0.217. The standard InChI is InChI=1S/C11H14O2/c1-13-11(12)7-5-3-2-4-6-10-8-9-10/h6H,2-4,8-9H2,1H3. The predicted octanol–water partition coefficient (Wildman–Crippen LogP) is 2.05. The molecule has 2 nitrogen and oxygen atoms in total. The molecule has 0 aromatic heterocycles. The molecule has 0 bridgehead atoms. The fraction of sp³-hybridized carbons (Fsp3) is 0.545. The normalized spacial score (nSPS) is 12.8. The van der Waals surface area contributed by atoms with Crippen LogP contribution in [-0.4, -0.2) is 13.1 Å². The molecule has 0 spiro atoms. The second kappa shape index (κ2) is 5.42. The maximum Gasteiger partial charge on any atom is 0.384 e. The van der Waals surface area contributed by atoms with E-state index in [1.54, 1.807) is 5.57 Å². The Bertz CT molecular complexity index is 260. The van der Waals surface area contributed by atoms with Gasteiger partial charge in [-0.05, 0) is 25.7 Å². The van der Waals surface area contributed by atoms with Gasteiger partial charge in [0, 0.05) is 12.3 Å². The summed E-state index contributed by atoms with van der Waals surface area (Å²) in [4.78, 5) is 10.6. The Hall–Kier alpha value is -1.23. The lowest BCUT2D eigenvalue weighted by atomic mass is 10.2. The number of hydrogen-bond donors (Lipinski definition) is 0. The van der Waals surface area contributed by atoms with E-state index in [0.717, 1.165) is 19.3 Å². The van der Waals surface area contributed by atoms with Crippen molar-refractivity contribution in [3.05, 3.63) is 11.6 Å². The zero-order valence-electron chi connectivity index (χ0n) is 7.93. The van der Waals surface area contributed by atoms with E-state index in [0.29, 0.717) is 0 Å². The summed E-state index contributed by atoms with van der Waals surface area (Å²) in [7, 11) is 1.34. The molecular formula is C11H14O2. The van der Waals surface area contributed by atoms with Crippen molar-refractivity contribution in [1.82, 2.24) is 0 Å². The van der Waals surface area contributed by atoms with E-state index in [1.807, 2.05) is 0 Å². The van der Waals surface area contributed by atoms with Gasteiger partial charge < -0.3 is 4.74 Å². The number of carbonyl (C=O) groups excluding carboxylic acids is 1. The van der Waals surface area contributed by atoms with Crippen LogP contribution < -0.4 is 0 Å². The van der Waals surface area contributed by atoms with Crippen molar-refractivity contribution >= 4 is 5.97 Å². The number of hydrogen-bond acceptors (Lipinski definition) is 2. The summed E-state index contributed by atoms with van der Waals surface area (Å²) in [5.41, 5.74) is 1.57. The summed E-state index contributed by atoms with van der Waals surface area (Å²) in [5.74, 6) is 4.74. The monoisotopic (exact) mass is 178 g/mol. The topological polar surface area (TPSA) is 26.3 Å². The Kier molecular flexibility index (Phi) is 4.11. The molecule has 1 aliphatic carbocycles. The zero-order valence-corrected chi connectivity index (χ0v) is 7.93. The Morgan fingerprint density at radius 3 is 3.00 bits per heavy atom. The van der Waals surface area contributed by atoms with Crippen LogP contribution in [0.4, 0.5) is 0 Å². The Morgan fingerprint density at radius 1 is 1.62 bits per heavy atom. The molecule has 0 aromatic carbocycles. The van der Waals surface area contributed by atoms with Gasteiger partial charge in [0.15, 0.2) is 0 Å². The molecule has 1 rings (SSSR count). The summed E-state index contributed by atoms with van der Waals surface area (Å²) < 4.78 is 4.38. The van der Waals surface area contributed by atoms with Gasteiger partial charge in [-0.3, -0.25) is 0 Å². The van der Waals surface area contributed by atoms with Crippen LogP contribution in [0.25, 0.3) is 0 Å². The summed E-state index contributed by atoms with van der Waals surface area (Å²) in [6, 6.07) is 0. The van der Waals surface area contributed by atoms with E-state index in [1.165, 1.54) is 20.0 Å². The zero-order chi connectivity index (χ0) is 9.52. The third kappa shape index (κ3) is 5.08. The summed E-state index contributed by atoms with van der Waals surface area (Å²) in [6.07, 6.45) is 7.75. The molecule has 0 unspecified atom stereocenters. The molecule has 1 fully saturated rings. The second-order valence-corrected chi connectivity index (χ2v) is 3.05. The number of allylic oxidation sites excluding steroid dienone is 2. The lowest BCUT2D eigenvalue weighted by Crippen LogP contribution is -1.93. The van der Waals surface area contributed by atoms with Crippen LogP contribution in [0.3, 0.4) is 0 Å². The molecule has 0 atom stereocenters. The minimum atomic E-state index is -0.444. The maximum atomic E-state index is 10.6. The fourth-order valence-corrected chi connectivity index (χ4v) is 0.959. The van der Waals surface area contributed by atoms with Crippen molar-refractivity contribution in [3.8, 4) is 11.8 Å². The van der Waals surface area contributed by atoms with E-state index >= 15 is 0 Å². The van der Waals surface area contributed by atoms with Gasteiger partial charge >= 0.3 is 5.97 Å². The van der Waals surface area contributed by atoms with Gasteiger partial charge in [0.2, 0.25) is 0 Å². The van der Waals surface area contributed by atoms with Crippen molar-refractivity contribution in [2.45, 2.75) is 32.1 Å². The van der Waals surface area contributed by atoms with Gasteiger partial charge in [-0.1, -0.05) is 17.6 Å². The molecule has 0 saturated heterocycles. The number of unbranched alkanes of at least 4 members (excludes halogenated alkanes) is 2. The van der Waals surface area contributed by atoms with E-state index < -0.39 is 5.97 Å². The van der Waals surface area contributed by atoms with Crippen LogP contribution >= 0.6 is 0 Å². The molecule has 0 amide bonds. The first-order valence-corrected chi connectivity index (χ1v) is 4.57. The maximum absolute atomic E-state index is 10.6. The highest BCUT2D eigenvalue weighted by atomic mass is 16.5. The average molecular weight is 178 g/mol. The molecule has 0 aromatic rings. The molecule has 0 N–H and O–H groups in total. The first kappa shape index (κ1) is 9.85. The van der Waals surface area contributed by atoms with Crippen molar-refractivity contribution in [3.63, 3.8) is 0 Å². The van der Waals surface area contributed by atoms with Crippen molar-refractivity contribution in [2.75, 3.05) is 7.11 Å². The molecule has 1 saturated carbocycles. The number of rotatable bonds is 3. The first-order valence-electron chi connectivity index (χ1n) is 4.57. The number of methoxy groups -OCH3 is 1. The highest BCUT2D eigenvalue weighted by Gasteiger charge is 2.08. The third-order valence-electron chi connectivity index (χ3n) is 1.85. The SMILES string of the molecule is COC(=O)C#CCCCC=C1CC1. The Labute approximate surface area is 79.0 Å². The molecular weight excluding hydrogens is 164 g/mol. The number of ether oxygens (including phenoxy) is 1. The van der Waals surface area contributed by atoms with E-state index in [4.69, 9.17) is 0 Å². The van der Waals surface area contributed by atoms with Gasteiger partial charge in [0.05, 0.1) is 7.11 Å². The Morgan fingerprint density at radius 2 is 2.38 bits per heavy atom. The van der Waals surface area contributed by atoms with Crippen LogP contribution in [-0.2, 0) is 9.53 Å². The summed E-state index contributed by atoms with van der Waals surface area (Å²) in [6.45, 7) is 0. The van der Waals surface area contributed by atoms with Gasteiger partial charge in [0.25, 0.3) is 0 Å². The van der Waals surface area contributed by atoms with E-state index in [2.05, 4.69) is 22.7 Å². The number of esters is 1. The molecule has 1 aliphatic rings. The van der Waals surface area contributed by atoms with E-state index in [-0.39, 0.29) is 0 Å². The third-order valence-corrected chi connectivity index (χ3v) is 1.85. The molecule has 70 valence electrons. The second-order valence-electron chi connectivity index (χ2n) is 3.05. The average Bonchev–Trinajstić information content (AvgIpc) is 2.94. The van der Waals surface area contributed by atoms with Crippen molar-refractivity contribution in [1.29, 1.82) is 0 Å². The van der Waals surface area contributed by atoms with Crippen LogP contribution in [0.5, 0.6) is 0 Å². The van der Waals surface area contributed by atoms with Crippen molar-refractivity contribution < 1.29 is 9.53 Å².